The highest BCUT2D eigenvalue weighted by Crippen LogP contribution is 2.13. The molecule has 0 radical (unpaired) electrons. The molecule has 280 valence electrons. The molecule has 0 aromatic heterocycles. The van der Waals surface area contributed by atoms with Crippen LogP contribution in [-0.4, -0.2) is 37.0 Å². The summed E-state index contributed by atoms with van der Waals surface area (Å²) in [6.45, 7) is 5.17. The molecule has 0 saturated heterocycles. The second-order valence-corrected chi connectivity index (χ2v) is 13.0. The van der Waals surface area contributed by atoms with Crippen molar-refractivity contribution in [1.29, 1.82) is 0 Å². The molecule has 0 aliphatic rings. The van der Waals surface area contributed by atoms with Gasteiger partial charge in [0.25, 0.3) is 0 Å². The number of aliphatic hydroxyl groups excluding tert-OH is 1. The molecule has 0 heterocycles. The van der Waals surface area contributed by atoms with Gasteiger partial charge in [-0.15, -0.1) is 0 Å². The molecule has 1 N–H and O–H groups in total. The molecular weight excluding hydrogens is 604 g/mol. The third kappa shape index (κ3) is 39.9. The van der Waals surface area contributed by atoms with E-state index < -0.39 is 6.10 Å². The Morgan fingerprint density at radius 2 is 0.898 bits per heavy atom. The average molecular weight is 681 g/mol. The monoisotopic (exact) mass is 681 g/mol. The molecule has 0 bridgehead atoms. The lowest BCUT2D eigenvalue weighted by molar-refractivity contribution is -0.154. The molecule has 0 saturated carbocycles. The maximum atomic E-state index is 12.2. The molecule has 4 nitrogen and oxygen atoms in total. The highest BCUT2D eigenvalue weighted by Gasteiger charge is 2.13. The first kappa shape index (κ1) is 46.6. The van der Waals surface area contributed by atoms with Crippen LogP contribution >= 0.6 is 0 Å². The quantitative estimate of drug-likeness (QED) is 0.0406. The van der Waals surface area contributed by atoms with Crippen molar-refractivity contribution in [3.8, 4) is 0 Å². The molecule has 1 unspecified atom stereocenters. The number of carbonyl (C=O) groups excluding carboxylic acids is 1. The summed E-state index contributed by atoms with van der Waals surface area (Å²) in [6, 6.07) is 0. The Balaban J connectivity index is 3.62. The van der Waals surface area contributed by atoms with Gasteiger partial charge in [0, 0.05) is 13.0 Å². The summed E-state index contributed by atoms with van der Waals surface area (Å²) >= 11 is 0. The fourth-order valence-corrected chi connectivity index (χ4v) is 5.26. The van der Waals surface area contributed by atoms with Crippen LogP contribution in [0.15, 0.2) is 85.1 Å². The number of hydrogen-bond donors (Lipinski definition) is 1. The number of hydrogen-bond acceptors (Lipinski definition) is 4. The number of esters is 1. The van der Waals surface area contributed by atoms with E-state index in [9.17, 15) is 9.90 Å². The Morgan fingerprint density at radius 3 is 1.31 bits per heavy atom. The number of carbonyl (C=O) groups is 1. The zero-order valence-corrected chi connectivity index (χ0v) is 31.9. The standard InChI is InChI=1S/C45H76O4/c1-3-5-7-9-11-13-15-17-19-20-21-22-23-24-25-26-27-28-30-32-34-36-38-40-45(47)49-44(42-46)43-48-41-39-37-35-33-31-29-18-16-14-12-10-8-6-4-2/h5,7,11,13,17,19,21-22,24-25,27-28,32,34,44,46H,3-4,6,8-10,12,14-16,18,20,23,26,29-31,33,35-43H2,1-2H3/b7-5-,13-11-,19-17-,22-21-,25-24-,28-27-,34-32-. The molecule has 0 amide bonds. The third-order valence-corrected chi connectivity index (χ3v) is 8.23. The molecular formula is C45H76O4. The normalized spacial score (nSPS) is 13.3. The van der Waals surface area contributed by atoms with Gasteiger partial charge in [0.2, 0.25) is 0 Å². The highest BCUT2D eigenvalue weighted by atomic mass is 16.6. The van der Waals surface area contributed by atoms with Gasteiger partial charge in [-0.2, -0.15) is 0 Å². The maximum absolute atomic E-state index is 12.2. The van der Waals surface area contributed by atoms with Crippen LogP contribution in [0.3, 0.4) is 0 Å². The van der Waals surface area contributed by atoms with Crippen LogP contribution in [0.2, 0.25) is 0 Å². The highest BCUT2D eigenvalue weighted by molar-refractivity contribution is 5.69. The van der Waals surface area contributed by atoms with Gasteiger partial charge in [0.1, 0.15) is 6.10 Å². The summed E-state index contributed by atoms with van der Waals surface area (Å²) in [5, 5.41) is 9.57. The molecule has 1 atom stereocenters. The Labute approximate surface area is 303 Å². The van der Waals surface area contributed by atoms with Gasteiger partial charge < -0.3 is 14.6 Å². The molecule has 0 spiro atoms. The predicted molar refractivity (Wildman–Crippen MR) is 214 cm³/mol. The van der Waals surface area contributed by atoms with E-state index >= 15 is 0 Å². The lowest BCUT2D eigenvalue weighted by Crippen LogP contribution is -2.27. The van der Waals surface area contributed by atoms with Crippen LogP contribution in [0.4, 0.5) is 0 Å². The van der Waals surface area contributed by atoms with Crippen LogP contribution in [-0.2, 0) is 14.3 Å². The summed E-state index contributed by atoms with van der Waals surface area (Å²) in [6.07, 6.45) is 57.8. The van der Waals surface area contributed by atoms with Crippen LogP contribution in [0.1, 0.15) is 168 Å². The van der Waals surface area contributed by atoms with Crippen molar-refractivity contribution in [1.82, 2.24) is 0 Å². The molecule has 0 aliphatic carbocycles. The first-order chi connectivity index (χ1) is 24.2. The van der Waals surface area contributed by atoms with E-state index in [2.05, 4.69) is 98.9 Å². The van der Waals surface area contributed by atoms with Crippen molar-refractivity contribution in [3.63, 3.8) is 0 Å². The van der Waals surface area contributed by atoms with Crippen molar-refractivity contribution >= 4 is 5.97 Å². The minimum absolute atomic E-state index is 0.198. The zero-order valence-electron chi connectivity index (χ0n) is 31.9. The Hall–Kier alpha value is -2.43. The van der Waals surface area contributed by atoms with E-state index in [1.54, 1.807) is 0 Å². The maximum Gasteiger partial charge on any atom is 0.306 e. The number of rotatable bonds is 36. The topological polar surface area (TPSA) is 55.8 Å². The van der Waals surface area contributed by atoms with Crippen molar-refractivity contribution in [2.24, 2.45) is 0 Å². The second kappa shape index (κ2) is 41.7. The van der Waals surface area contributed by atoms with Crippen molar-refractivity contribution in [2.45, 2.75) is 174 Å². The third-order valence-electron chi connectivity index (χ3n) is 8.23. The van der Waals surface area contributed by atoms with Crippen molar-refractivity contribution in [3.05, 3.63) is 85.1 Å². The summed E-state index contributed by atoms with van der Waals surface area (Å²) in [4.78, 5) is 12.2. The van der Waals surface area contributed by atoms with Crippen LogP contribution < -0.4 is 0 Å². The van der Waals surface area contributed by atoms with Crippen molar-refractivity contribution in [2.75, 3.05) is 19.8 Å². The van der Waals surface area contributed by atoms with Gasteiger partial charge >= 0.3 is 5.97 Å². The van der Waals surface area contributed by atoms with Gasteiger partial charge in [0.05, 0.1) is 13.2 Å². The molecule has 0 aromatic carbocycles. The van der Waals surface area contributed by atoms with Crippen LogP contribution in [0, 0.1) is 0 Å². The summed E-state index contributed by atoms with van der Waals surface area (Å²) in [5.74, 6) is -0.260. The van der Waals surface area contributed by atoms with Gasteiger partial charge in [-0.3, -0.25) is 4.79 Å². The van der Waals surface area contributed by atoms with Gasteiger partial charge in [-0.25, -0.2) is 0 Å². The summed E-state index contributed by atoms with van der Waals surface area (Å²) in [5.41, 5.74) is 0. The first-order valence-corrected chi connectivity index (χ1v) is 20.2. The lowest BCUT2D eigenvalue weighted by atomic mass is 10.0. The van der Waals surface area contributed by atoms with E-state index in [-0.39, 0.29) is 19.2 Å². The van der Waals surface area contributed by atoms with Gasteiger partial charge in [-0.05, 0) is 64.2 Å². The Morgan fingerprint density at radius 1 is 0.510 bits per heavy atom. The minimum atomic E-state index is -0.567. The number of unbranched alkanes of at least 4 members (excludes halogenated alkanes) is 14. The largest absolute Gasteiger partial charge is 0.457 e. The Kier molecular flexibility index (Phi) is 39.7. The fourth-order valence-electron chi connectivity index (χ4n) is 5.26. The predicted octanol–water partition coefficient (Wildman–Crippen LogP) is 13.2. The SMILES string of the molecule is CC/C=C\C/C=C\C/C=C\C/C=C\C/C=C\C/C=C\C/C=C\CCCC(=O)OC(CO)COCCCCCCCCCCCCCCCC. The number of allylic oxidation sites excluding steroid dienone is 14. The van der Waals surface area contributed by atoms with Gasteiger partial charge in [0.15, 0.2) is 0 Å². The zero-order chi connectivity index (χ0) is 35.6. The van der Waals surface area contributed by atoms with Crippen molar-refractivity contribution < 1.29 is 19.4 Å². The van der Waals surface area contributed by atoms with E-state index in [0.29, 0.717) is 13.0 Å². The molecule has 0 aliphatic heterocycles. The second-order valence-electron chi connectivity index (χ2n) is 13.0. The molecule has 0 aromatic rings. The van der Waals surface area contributed by atoms with E-state index in [0.717, 1.165) is 64.2 Å². The molecule has 49 heavy (non-hydrogen) atoms. The number of ether oxygens (including phenoxy) is 2. The van der Waals surface area contributed by atoms with E-state index in [1.165, 1.54) is 83.5 Å². The van der Waals surface area contributed by atoms with Crippen LogP contribution in [0.25, 0.3) is 0 Å². The fraction of sp³-hybridized carbons (Fsp3) is 0.667. The Bertz CT molecular complexity index is 892. The lowest BCUT2D eigenvalue weighted by Gasteiger charge is -2.15. The first-order valence-electron chi connectivity index (χ1n) is 20.2. The summed E-state index contributed by atoms with van der Waals surface area (Å²) in [7, 11) is 0. The van der Waals surface area contributed by atoms with Crippen LogP contribution in [0.5, 0.6) is 0 Å². The minimum Gasteiger partial charge on any atom is -0.457 e. The summed E-state index contributed by atoms with van der Waals surface area (Å²) < 4.78 is 11.1. The molecule has 4 heteroatoms. The molecule has 0 fully saturated rings. The van der Waals surface area contributed by atoms with E-state index in [1.807, 2.05) is 0 Å². The van der Waals surface area contributed by atoms with E-state index in [4.69, 9.17) is 9.47 Å². The smallest absolute Gasteiger partial charge is 0.306 e. The number of aliphatic hydroxyl groups is 1. The average Bonchev–Trinajstić information content (AvgIpc) is 3.11. The van der Waals surface area contributed by atoms with Gasteiger partial charge in [-0.1, -0.05) is 182 Å². The molecule has 0 rings (SSSR count).